The standard InChI is InChI=1S/C35H29F2N3O9S/c1-45-34(43)31(20-7-3-2-4-8-20)49-35(44)48-19-47-32-25(41)13-14-39-30(32)33(42)38-15-16-46-17-27(38)40(39)29-21-11-12-24(36)28(37)23(21)18-50-26-10-6-5-9-22(26)29/h2-14,27,29,31H,15-19H2,1H3/t27-,29+,31-/m1/s1. The second kappa shape index (κ2) is 13.8. The van der Waals surface area contributed by atoms with Crippen LogP contribution in [0.2, 0.25) is 0 Å². The molecule has 0 bridgehead atoms. The van der Waals surface area contributed by atoms with Crippen molar-refractivity contribution in [2.45, 2.75) is 29.0 Å². The van der Waals surface area contributed by atoms with Gasteiger partial charge in [0.25, 0.3) is 5.91 Å². The monoisotopic (exact) mass is 705 g/mol. The number of hydrogen-bond acceptors (Lipinski definition) is 11. The molecule has 0 radical (unpaired) electrons. The quantitative estimate of drug-likeness (QED) is 0.197. The first-order valence-corrected chi connectivity index (χ1v) is 16.5. The van der Waals surface area contributed by atoms with Crippen molar-refractivity contribution in [1.82, 2.24) is 9.58 Å². The van der Waals surface area contributed by atoms with Crippen molar-refractivity contribution in [2.75, 3.05) is 38.7 Å². The number of carbonyl (C=O) groups is 3. The summed E-state index contributed by atoms with van der Waals surface area (Å²) in [5.74, 6) is -3.61. The number of esters is 1. The minimum atomic E-state index is -1.43. The predicted octanol–water partition coefficient (Wildman–Crippen LogP) is 4.68. The topological polar surface area (TPSA) is 126 Å². The van der Waals surface area contributed by atoms with E-state index in [1.807, 2.05) is 24.3 Å². The lowest BCUT2D eigenvalue weighted by Gasteiger charge is -2.51. The number of carbonyl (C=O) groups excluding carboxylic acids is 3. The zero-order valence-corrected chi connectivity index (χ0v) is 27.3. The van der Waals surface area contributed by atoms with E-state index in [-0.39, 0.29) is 36.8 Å². The highest BCUT2D eigenvalue weighted by Gasteiger charge is 2.46. The third kappa shape index (κ3) is 5.92. The van der Waals surface area contributed by atoms with Gasteiger partial charge in [0.15, 0.2) is 17.3 Å². The van der Waals surface area contributed by atoms with Gasteiger partial charge < -0.3 is 28.6 Å². The number of amides is 1. The largest absolute Gasteiger partial charge is 0.512 e. The van der Waals surface area contributed by atoms with Crippen LogP contribution in [0.25, 0.3) is 0 Å². The number of morpholine rings is 1. The van der Waals surface area contributed by atoms with Crippen LogP contribution in [0.1, 0.15) is 44.9 Å². The molecule has 1 aromatic heterocycles. The molecule has 258 valence electrons. The Morgan fingerprint density at radius 1 is 1.00 bits per heavy atom. The van der Waals surface area contributed by atoms with Gasteiger partial charge in [0, 0.05) is 40.6 Å². The number of benzene rings is 3. The van der Waals surface area contributed by atoms with Gasteiger partial charge in [-0.05, 0) is 23.3 Å². The average Bonchev–Trinajstić information content (AvgIpc) is 3.30. The number of aromatic nitrogens is 1. The van der Waals surface area contributed by atoms with Gasteiger partial charge in [0.2, 0.25) is 24.1 Å². The molecule has 3 aliphatic heterocycles. The fraction of sp³-hybridized carbons (Fsp3) is 0.257. The van der Waals surface area contributed by atoms with Crippen LogP contribution in [0.3, 0.4) is 0 Å². The Labute approximate surface area is 288 Å². The number of thioether (sulfide) groups is 1. The molecule has 0 unspecified atom stereocenters. The Balaban J connectivity index is 1.26. The van der Waals surface area contributed by atoms with Gasteiger partial charge in [-0.15, -0.1) is 11.8 Å². The Hall–Kier alpha value is -5.41. The third-order valence-corrected chi connectivity index (χ3v) is 9.76. The maximum Gasteiger partial charge on any atom is 0.512 e. The van der Waals surface area contributed by atoms with E-state index >= 15 is 4.39 Å². The molecule has 1 amide bonds. The SMILES string of the molecule is COC(=O)[C@H](OC(=O)OCOc1c2n(ccc1=O)N([C@@H]1c3ccccc3SCc3c1ccc(F)c3F)[C@@H]1COCCN1C2=O)c1ccccc1. The first-order valence-electron chi connectivity index (χ1n) is 15.5. The van der Waals surface area contributed by atoms with Gasteiger partial charge in [-0.1, -0.05) is 54.6 Å². The van der Waals surface area contributed by atoms with Crippen LogP contribution >= 0.6 is 11.8 Å². The van der Waals surface area contributed by atoms with E-state index in [9.17, 15) is 23.6 Å². The normalized spacial score (nSPS) is 18.4. The van der Waals surface area contributed by atoms with Crippen LogP contribution in [0, 0.1) is 11.6 Å². The van der Waals surface area contributed by atoms with Crippen molar-refractivity contribution in [2.24, 2.45) is 0 Å². The average molecular weight is 706 g/mol. The highest BCUT2D eigenvalue weighted by atomic mass is 32.2. The van der Waals surface area contributed by atoms with Crippen molar-refractivity contribution in [1.29, 1.82) is 0 Å². The van der Waals surface area contributed by atoms with Crippen molar-refractivity contribution >= 4 is 29.8 Å². The van der Waals surface area contributed by atoms with Gasteiger partial charge >= 0.3 is 12.1 Å². The molecule has 4 heterocycles. The lowest BCUT2D eigenvalue weighted by Crippen LogP contribution is -2.66. The molecule has 1 fully saturated rings. The summed E-state index contributed by atoms with van der Waals surface area (Å²) in [6, 6.07) is 18.6. The highest BCUT2D eigenvalue weighted by Crippen LogP contribution is 2.45. The summed E-state index contributed by atoms with van der Waals surface area (Å²) in [7, 11) is 1.14. The summed E-state index contributed by atoms with van der Waals surface area (Å²) in [5, 5.41) is 1.79. The molecule has 0 spiro atoms. The lowest BCUT2D eigenvalue weighted by atomic mass is 9.93. The predicted molar refractivity (Wildman–Crippen MR) is 173 cm³/mol. The van der Waals surface area contributed by atoms with Gasteiger partial charge in [-0.3, -0.25) is 19.3 Å². The number of methoxy groups -OCH3 is 1. The Kier molecular flexibility index (Phi) is 9.16. The molecule has 1 saturated heterocycles. The Morgan fingerprint density at radius 2 is 1.78 bits per heavy atom. The number of rotatable bonds is 7. The van der Waals surface area contributed by atoms with E-state index in [1.54, 1.807) is 35.3 Å². The van der Waals surface area contributed by atoms with E-state index in [0.717, 1.165) is 23.6 Å². The number of hydrogen-bond donors (Lipinski definition) is 0. The van der Waals surface area contributed by atoms with Crippen molar-refractivity contribution < 1.29 is 46.8 Å². The molecule has 3 aliphatic rings. The molecular weight excluding hydrogens is 676 g/mol. The Morgan fingerprint density at radius 3 is 2.58 bits per heavy atom. The van der Waals surface area contributed by atoms with E-state index in [1.165, 1.54) is 39.7 Å². The van der Waals surface area contributed by atoms with Crippen molar-refractivity contribution in [3.05, 3.63) is 129 Å². The second-order valence-electron chi connectivity index (χ2n) is 11.4. The molecule has 7 rings (SSSR count). The van der Waals surface area contributed by atoms with Gasteiger partial charge in [-0.2, -0.15) is 0 Å². The second-order valence-corrected chi connectivity index (χ2v) is 12.4. The summed E-state index contributed by atoms with van der Waals surface area (Å²) in [6.07, 6.45) is -2.04. The number of fused-ring (bicyclic) bond motifs is 4. The molecule has 12 nitrogen and oxygen atoms in total. The molecule has 15 heteroatoms. The van der Waals surface area contributed by atoms with E-state index in [4.69, 9.17) is 23.7 Å². The van der Waals surface area contributed by atoms with Crippen LogP contribution in [0.15, 0.2) is 88.7 Å². The van der Waals surface area contributed by atoms with Crippen LogP contribution in [-0.4, -0.2) is 67.4 Å². The number of halogens is 2. The minimum Gasteiger partial charge on any atom is -0.466 e. The molecule has 0 saturated carbocycles. The number of nitrogens with zero attached hydrogens (tertiary/aromatic N) is 3. The van der Waals surface area contributed by atoms with Gasteiger partial charge in [0.05, 0.1) is 26.4 Å². The molecule has 50 heavy (non-hydrogen) atoms. The number of ether oxygens (including phenoxy) is 5. The summed E-state index contributed by atoms with van der Waals surface area (Å²) in [4.78, 5) is 54.8. The molecule has 0 N–H and O–H groups in total. The molecule has 0 aliphatic carbocycles. The van der Waals surface area contributed by atoms with E-state index in [2.05, 4.69) is 0 Å². The van der Waals surface area contributed by atoms with Gasteiger partial charge in [0.1, 0.15) is 6.17 Å². The minimum absolute atomic E-state index is 0.0794. The molecule has 3 atom stereocenters. The lowest BCUT2D eigenvalue weighted by molar-refractivity contribution is -0.153. The maximum absolute atomic E-state index is 15.4. The first kappa shape index (κ1) is 33.1. The molecule has 3 aromatic carbocycles. The zero-order chi connectivity index (χ0) is 34.9. The van der Waals surface area contributed by atoms with Crippen molar-refractivity contribution in [3.8, 4) is 5.75 Å². The van der Waals surface area contributed by atoms with Crippen molar-refractivity contribution in [3.63, 3.8) is 0 Å². The fourth-order valence-corrected chi connectivity index (χ4v) is 7.48. The zero-order valence-electron chi connectivity index (χ0n) is 26.5. The first-order chi connectivity index (χ1) is 24.3. The highest BCUT2D eigenvalue weighted by molar-refractivity contribution is 7.98. The van der Waals surface area contributed by atoms with Gasteiger partial charge in [-0.25, -0.2) is 18.4 Å². The third-order valence-electron chi connectivity index (χ3n) is 8.64. The Bertz CT molecular complexity index is 2030. The maximum atomic E-state index is 15.4. The number of pyridine rings is 1. The van der Waals surface area contributed by atoms with Crippen LogP contribution in [0.5, 0.6) is 5.75 Å². The fourth-order valence-electron chi connectivity index (χ4n) is 6.36. The van der Waals surface area contributed by atoms with Crippen LogP contribution in [-0.2, 0) is 29.5 Å². The smallest absolute Gasteiger partial charge is 0.466 e. The van der Waals surface area contributed by atoms with E-state index in [0.29, 0.717) is 11.1 Å². The summed E-state index contributed by atoms with van der Waals surface area (Å²) in [5.41, 5.74) is 0.874. The summed E-state index contributed by atoms with van der Waals surface area (Å²) < 4.78 is 58.0. The molecular formula is C35H29F2N3O9S. The molecule has 4 aromatic rings. The van der Waals surface area contributed by atoms with Crippen LogP contribution in [0.4, 0.5) is 13.6 Å². The summed E-state index contributed by atoms with van der Waals surface area (Å²) >= 11 is 1.36. The van der Waals surface area contributed by atoms with E-state index < -0.39 is 65.9 Å². The van der Waals surface area contributed by atoms with Crippen LogP contribution < -0.4 is 15.2 Å². The summed E-state index contributed by atoms with van der Waals surface area (Å²) in [6.45, 7) is -0.401.